The summed E-state index contributed by atoms with van der Waals surface area (Å²) >= 11 is 0. The summed E-state index contributed by atoms with van der Waals surface area (Å²) in [7, 11) is 1.40. The molecule has 3 heteroatoms. The van der Waals surface area contributed by atoms with E-state index in [-0.39, 0.29) is 11.9 Å². The van der Waals surface area contributed by atoms with Gasteiger partial charge in [0.25, 0.3) is 0 Å². The molecule has 0 amide bonds. The molecule has 1 aromatic rings. The van der Waals surface area contributed by atoms with Gasteiger partial charge in [-0.25, -0.2) is 0 Å². The monoisotopic (exact) mass is 221 g/mol. The fourth-order valence-electron chi connectivity index (χ4n) is 1.77. The van der Waals surface area contributed by atoms with Crippen LogP contribution in [0.25, 0.3) is 0 Å². The van der Waals surface area contributed by atoms with Gasteiger partial charge in [-0.15, -0.1) is 0 Å². The van der Waals surface area contributed by atoms with E-state index in [1.165, 1.54) is 18.2 Å². The Labute approximate surface area is 96.6 Å². The van der Waals surface area contributed by atoms with Gasteiger partial charge < -0.3 is 10.5 Å². The van der Waals surface area contributed by atoms with E-state index >= 15 is 0 Å². The van der Waals surface area contributed by atoms with Gasteiger partial charge in [-0.1, -0.05) is 23.8 Å². The van der Waals surface area contributed by atoms with Gasteiger partial charge in [-0.2, -0.15) is 0 Å². The Hall–Kier alpha value is -1.35. The van der Waals surface area contributed by atoms with Crippen molar-refractivity contribution in [1.82, 2.24) is 0 Å². The van der Waals surface area contributed by atoms with E-state index < -0.39 is 0 Å². The SMILES string of the molecule is COC(=O)C(CN)Cc1ccc(C)cc1C. The van der Waals surface area contributed by atoms with E-state index in [4.69, 9.17) is 10.5 Å². The highest BCUT2D eigenvalue weighted by molar-refractivity contribution is 5.73. The van der Waals surface area contributed by atoms with Gasteiger partial charge in [0.2, 0.25) is 0 Å². The van der Waals surface area contributed by atoms with Gasteiger partial charge in [0.15, 0.2) is 0 Å². The predicted octanol–water partition coefficient (Wildman–Crippen LogP) is 1.59. The molecule has 88 valence electrons. The lowest BCUT2D eigenvalue weighted by atomic mass is 9.95. The molecule has 1 unspecified atom stereocenters. The standard InChI is InChI=1S/C13H19NO2/c1-9-4-5-11(10(2)6-9)7-12(8-14)13(15)16-3/h4-6,12H,7-8,14H2,1-3H3. The zero-order chi connectivity index (χ0) is 12.1. The molecule has 3 nitrogen and oxygen atoms in total. The molecule has 0 bridgehead atoms. The molecule has 0 heterocycles. The molecule has 0 fully saturated rings. The summed E-state index contributed by atoms with van der Waals surface area (Å²) in [6.07, 6.45) is 0.648. The number of nitrogens with two attached hydrogens (primary N) is 1. The first kappa shape index (κ1) is 12.7. The molecule has 0 spiro atoms. The molecule has 0 aliphatic rings. The van der Waals surface area contributed by atoms with Crippen molar-refractivity contribution in [3.05, 3.63) is 34.9 Å². The first-order valence-corrected chi connectivity index (χ1v) is 5.42. The average molecular weight is 221 g/mol. The molecular weight excluding hydrogens is 202 g/mol. The number of ether oxygens (including phenoxy) is 1. The quantitative estimate of drug-likeness (QED) is 0.786. The Morgan fingerprint density at radius 2 is 2.12 bits per heavy atom. The lowest BCUT2D eigenvalue weighted by molar-refractivity contribution is -0.145. The maximum Gasteiger partial charge on any atom is 0.310 e. The maximum atomic E-state index is 11.4. The molecule has 0 aromatic heterocycles. The van der Waals surface area contributed by atoms with Gasteiger partial charge in [0.1, 0.15) is 0 Å². The van der Waals surface area contributed by atoms with E-state index in [1.807, 2.05) is 13.0 Å². The van der Waals surface area contributed by atoms with Crippen LogP contribution in [0.5, 0.6) is 0 Å². The number of benzene rings is 1. The first-order valence-electron chi connectivity index (χ1n) is 5.42. The third-order valence-electron chi connectivity index (χ3n) is 2.78. The van der Waals surface area contributed by atoms with Gasteiger partial charge in [0.05, 0.1) is 13.0 Å². The Morgan fingerprint density at radius 1 is 1.44 bits per heavy atom. The van der Waals surface area contributed by atoms with E-state index in [2.05, 4.69) is 19.1 Å². The molecule has 1 aromatic carbocycles. The van der Waals surface area contributed by atoms with Gasteiger partial charge in [-0.3, -0.25) is 4.79 Å². The van der Waals surface area contributed by atoms with Gasteiger partial charge in [0, 0.05) is 6.54 Å². The number of carbonyl (C=O) groups is 1. The number of methoxy groups -OCH3 is 1. The largest absolute Gasteiger partial charge is 0.469 e. The second-order valence-electron chi connectivity index (χ2n) is 4.09. The van der Waals surface area contributed by atoms with Gasteiger partial charge >= 0.3 is 5.97 Å². The first-order chi connectivity index (χ1) is 7.58. The molecule has 0 radical (unpaired) electrons. The molecule has 1 rings (SSSR count). The highest BCUT2D eigenvalue weighted by atomic mass is 16.5. The normalized spacial score (nSPS) is 12.2. The fraction of sp³-hybridized carbons (Fsp3) is 0.462. The molecule has 16 heavy (non-hydrogen) atoms. The van der Waals surface area contributed by atoms with Crippen molar-refractivity contribution in [1.29, 1.82) is 0 Å². The maximum absolute atomic E-state index is 11.4. The fourth-order valence-corrected chi connectivity index (χ4v) is 1.77. The van der Waals surface area contributed by atoms with Crippen molar-refractivity contribution in [2.24, 2.45) is 11.7 Å². The summed E-state index contributed by atoms with van der Waals surface area (Å²) in [4.78, 5) is 11.4. The van der Waals surface area contributed by atoms with Crippen molar-refractivity contribution in [2.45, 2.75) is 20.3 Å². The topological polar surface area (TPSA) is 52.3 Å². The summed E-state index contributed by atoms with van der Waals surface area (Å²) < 4.78 is 4.72. The van der Waals surface area contributed by atoms with Crippen LogP contribution < -0.4 is 5.73 Å². The van der Waals surface area contributed by atoms with E-state index in [0.717, 1.165) is 5.56 Å². The summed E-state index contributed by atoms with van der Waals surface area (Å²) in [5.41, 5.74) is 9.16. The molecule has 2 N–H and O–H groups in total. The number of aryl methyl sites for hydroxylation is 2. The number of rotatable bonds is 4. The summed E-state index contributed by atoms with van der Waals surface area (Å²) in [5, 5.41) is 0. The van der Waals surface area contributed by atoms with Crippen molar-refractivity contribution in [3.8, 4) is 0 Å². The molecule has 0 aliphatic carbocycles. The molecule has 0 aliphatic heterocycles. The number of carbonyl (C=O) groups excluding carboxylic acids is 1. The highest BCUT2D eigenvalue weighted by Gasteiger charge is 2.18. The van der Waals surface area contributed by atoms with Crippen LogP contribution in [0.2, 0.25) is 0 Å². The molecule has 0 saturated heterocycles. The number of hydrogen-bond acceptors (Lipinski definition) is 3. The third-order valence-corrected chi connectivity index (χ3v) is 2.78. The predicted molar refractivity (Wildman–Crippen MR) is 64.2 cm³/mol. The zero-order valence-electron chi connectivity index (χ0n) is 10.1. The summed E-state index contributed by atoms with van der Waals surface area (Å²) in [6, 6.07) is 6.21. The van der Waals surface area contributed by atoms with Crippen LogP contribution in [-0.2, 0) is 16.0 Å². The average Bonchev–Trinajstić information content (AvgIpc) is 2.27. The van der Waals surface area contributed by atoms with Crippen LogP contribution in [0.15, 0.2) is 18.2 Å². The lowest BCUT2D eigenvalue weighted by Gasteiger charge is -2.14. The lowest BCUT2D eigenvalue weighted by Crippen LogP contribution is -2.27. The molecule has 1 atom stereocenters. The molecule has 0 saturated carbocycles. The van der Waals surface area contributed by atoms with E-state index in [9.17, 15) is 4.79 Å². The zero-order valence-corrected chi connectivity index (χ0v) is 10.1. The second kappa shape index (κ2) is 5.66. The van der Waals surface area contributed by atoms with Gasteiger partial charge in [-0.05, 0) is 31.4 Å². The van der Waals surface area contributed by atoms with Crippen molar-refractivity contribution in [2.75, 3.05) is 13.7 Å². The number of esters is 1. The minimum Gasteiger partial charge on any atom is -0.469 e. The Morgan fingerprint density at radius 3 is 2.62 bits per heavy atom. The van der Waals surface area contributed by atoms with Crippen LogP contribution in [0.3, 0.4) is 0 Å². The van der Waals surface area contributed by atoms with Crippen LogP contribution >= 0.6 is 0 Å². The van der Waals surface area contributed by atoms with Crippen LogP contribution in [-0.4, -0.2) is 19.6 Å². The summed E-state index contributed by atoms with van der Waals surface area (Å²) in [5.74, 6) is -0.478. The molecular formula is C13H19NO2. The number of hydrogen-bond donors (Lipinski definition) is 1. The Bertz CT molecular complexity index is 374. The smallest absolute Gasteiger partial charge is 0.310 e. The Balaban J connectivity index is 2.82. The van der Waals surface area contributed by atoms with E-state index in [1.54, 1.807) is 0 Å². The minimum absolute atomic E-state index is 0.234. The van der Waals surface area contributed by atoms with Crippen molar-refractivity contribution in [3.63, 3.8) is 0 Å². The third kappa shape index (κ3) is 3.07. The van der Waals surface area contributed by atoms with Crippen LogP contribution in [0, 0.1) is 19.8 Å². The van der Waals surface area contributed by atoms with Crippen LogP contribution in [0.4, 0.5) is 0 Å². The van der Waals surface area contributed by atoms with Crippen LogP contribution in [0.1, 0.15) is 16.7 Å². The highest BCUT2D eigenvalue weighted by Crippen LogP contribution is 2.15. The van der Waals surface area contributed by atoms with Crippen molar-refractivity contribution >= 4 is 5.97 Å². The summed E-state index contributed by atoms with van der Waals surface area (Å²) in [6.45, 7) is 4.42. The van der Waals surface area contributed by atoms with E-state index in [0.29, 0.717) is 13.0 Å². The second-order valence-corrected chi connectivity index (χ2v) is 4.09. The Kier molecular flexibility index (Phi) is 4.50. The van der Waals surface area contributed by atoms with Crippen molar-refractivity contribution < 1.29 is 9.53 Å². The minimum atomic E-state index is -0.244.